The van der Waals surface area contributed by atoms with E-state index in [1.165, 1.54) is 6.39 Å². The van der Waals surface area contributed by atoms with Crippen LogP contribution in [0.3, 0.4) is 0 Å². The number of nitrogens with one attached hydrogen (secondary N) is 1. The van der Waals surface area contributed by atoms with E-state index in [0.717, 1.165) is 44.8 Å². The third kappa shape index (κ3) is 2.52. The molecule has 6 nitrogen and oxygen atoms in total. The number of rotatable bonds is 4. The Bertz CT molecular complexity index is 1020. The van der Waals surface area contributed by atoms with Crippen molar-refractivity contribution in [1.29, 1.82) is 0 Å². The van der Waals surface area contributed by atoms with Gasteiger partial charge in [0, 0.05) is 16.5 Å². The van der Waals surface area contributed by atoms with Crippen LogP contribution < -0.4 is 9.47 Å². The van der Waals surface area contributed by atoms with Crippen LogP contribution in [0.4, 0.5) is 0 Å². The zero-order valence-electron chi connectivity index (χ0n) is 14.2. The Morgan fingerprint density at radius 3 is 2.48 bits per heavy atom. The van der Waals surface area contributed by atoms with Gasteiger partial charge in [0.05, 0.1) is 14.2 Å². The lowest BCUT2D eigenvalue weighted by molar-refractivity contribution is 0.412. The molecule has 0 saturated heterocycles. The van der Waals surface area contributed by atoms with E-state index in [9.17, 15) is 0 Å². The van der Waals surface area contributed by atoms with Crippen LogP contribution in [-0.4, -0.2) is 29.4 Å². The molecule has 0 aliphatic carbocycles. The molecule has 0 atom stereocenters. The highest BCUT2D eigenvalue weighted by molar-refractivity contribution is 6.03. The van der Waals surface area contributed by atoms with Crippen molar-refractivity contribution >= 4 is 10.9 Å². The summed E-state index contributed by atoms with van der Waals surface area (Å²) in [5.41, 5.74) is 4.82. The summed E-state index contributed by atoms with van der Waals surface area (Å²) in [5.74, 6) is 2.08. The monoisotopic (exact) mass is 335 g/mol. The smallest absolute Gasteiger partial charge is 0.264 e. The molecule has 0 saturated carbocycles. The normalized spacial score (nSPS) is 11.0. The maximum atomic E-state index is 5.50. The van der Waals surface area contributed by atoms with Gasteiger partial charge >= 0.3 is 0 Å². The van der Waals surface area contributed by atoms with Crippen LogP contribution in [0.25, 0.3) is 33.6 Å². The molecule has 0 bridgehead atoms. The SMILES string of the molecule is COc1ccc(-c2c(-c3nnco3)[nH]c3cc(C)c(OC)cc23)cc1. The lowest BCUT2D eigenvalue weighted by Crippen LogP contribution is -1.87. The van der Waals surface area contributed by atoms with Gasteiger partial charge in [-0.15, -0.1) is 10.2 Å². The van der Waals surface area contributed by atoms with Crippen molar-refractivity contribution < 1.29 is 13.9 Å². The number of aromatic amines is 1. The van der Waals surface area contributed by atoms with E-state index in [1.54, 1.807) is 14.2 Å². The molecule has 0 fully saturated rings. The molecule has 4 aromatic rings. The number of aromatic nitrogens is 3. The summed E-state index contributed by atoms with van der Waals surface area (Å²) >= 11 is 0. The van der Waals surface area contributed by atoms with Gasteiger partial charge in [-0.3, -0.25) is 0 Å². The van der Waals surface area contributed by atoms with Crippen LogP contribution in [0.5, 0.6) is 11.5 Å². The van der Waals surface area contributed by atoms with Crippen molar-refractivity contribution in [3.63, 3.8) is 0 Å². The molecule has 4 rings (SSSR count). The molecule has 0 spiro atoms. The van der Waals surface area contributed by atoms with E-state index in [-0.39, 0.29) is 0 Å². The Hall–Kier alpha value is -3.28. The summed E-state index contributed by atoms with van der Waals surface area (Å²) in [4.78, 5) is 3.40. The van der Waals surface area contributed by atoms with E-state index in [1.807, 2.05) is 37.3 Å². The Kier molecular flexibility index (Phi) is 3.65. The van der Waals surface area contributed by atoms with Crippen LogP contribution in [0.15, 0.2) is 47.2 Å². The van der Waals surface area contributed by atoms with Crippen molar-refractivity contribution in [2.75, 3.05) is 14.2 Å². The molecule has 126 valence electrons. The molecule has 0 amide bonds. The van der Waals surface area contributed by atoms with Crippen molar-refractivity contribution in [2.24, 2.45) is 0 Å². The van der Waals surface area contributed by atoms with Crippen LogP contribution in [0, 0.1) is 6.92 Å². The number of H-pyrrole nitrogens is 1. The number of benzene rings is 2. The number of methoxy groups -OCH3 is 2. The number of hydrogen-bond donors (Lipinski definition) is 1. The fourth-order valence-electron chi connectivity index (χ4n) is 3.05. The Balaban J connectivity index is 2.02. The van der Waals surface area contributed by atoms with Crippen LogP contribution in [0.2, 0.25) is 0 Å². The van der Waals surface area contributed by atoms with Crippen LogP contribution >= 0.6 is 0 Å². The van der Waals surface area contributed by atoms with Crippen LogP contribution in [0.1, 0.15) is 5.56 Å². The second kappa shape index (κ2) is 5.98. The number of hydrogen-bond acceptors (Lipinski definition) is 5. The molecule has 0 aliphatic rings. The summed E-state index contributed by atoms with van der Waals surface area (Å²) in [5, 5.41) is 8.89. The highest BCUT2D eigenvalue weighted by Crippen LogP contribution is 2.40. The molecule has 6 heteroatoms. The highest BCUT2D eigenvalue weighted by atomic mass is 16.5. The lowest BCUT2D eigenvalue weighted by Gasteiger charge is -2.07. The quantitative estimate of drug-likeness (QED) is 0.605. The molecule has 2 aromatic carbocycles. The van der Waals surface area contributed by atoms with Gasteiger partial charge in [-0.25, -0.2) is 0 Å². The first kappa shape index (κ1) is 15.3. The number of aryl methyl sites for hydroxylation is 1. The zero-order valence-corrected chi connectivity index (χ0v) is 14.2. The summed E-state index contributed by atoms with van der Waals surface area (Å²) in [6.45, 7) is 2.01. The maximum absolute atomic E-state index is 5.50. The van der Waals surface area contributed by atoms with Gasteiger partial charge in [0.1, 0.15) is 17.2 Å². The van der Waals surface area contributed by atoms with Gasteiger partial charge in [-0.2, -0.15) is 0 Å². The molecular formula is C19H17N3O3. The third-order valence-electron chi connectivity index (χ3n) is 4.27. The first-order valence-corrected chi connectivity index (χ1v) is 7.82. The summed E-state index contributed by atoms with van der Waals surface area (Å²) in [6.07, 6.45) is 1.32. The average Bonchev–Trinajstić information content (AvgIpc) is 3.28. The van der Waals surface area contributed by atoms with E-state index >= 15 is 0 Å². The molecular weight excluding hydrogens is 318 g/mol. The number of fused-ring (bicyclic) bond motifs is 1. The minimum absolute atomic E-state index is 0.443. The standard InChI is InChI=1S/C19H17N3O3/c1-11-8-15-14(9-16(11)24-3)17(12-4-6-13(23-2)7-5-12)18(21-15)19-22-20-10-25-19/h4-10,21H,1-3H3. The minimum Gasteiger partial charge on any atom is -0.497 e. The van der Waals surface area contributed by atoms with Crippen molar-refractivity contribution in [1.82, 2.24) is 15.2 Å². The van der Waals surface area contributed by atoms with Crippen molar-refractivity contribution in [3.05, 3.63) is 48.4 Å². The second-order valence-electron chi connectivity index (χ2n) is 5.71. The fourth-order valence-corrected chi connectivity index (χ4v) is 3.05. The van der Waals surface area contributed by atoms with E-state index < -0.39 is 0 Å². The van der Waals surface area contributed by atoms with Gasteiger partial charge < -0.3 is 18.9 Å². The van der Waals surface area contributed by atoms with Gasteiger partial charge in [-0.05, 0) is 42.3 Å². The van der Waals surface area contributed by atoms with Gasteiger partial charge in [-0.1, -0.05) is 12.1 Å². The molecule has 1 N–H and O–H groups in total. The molecule has 0 radical (unpaired) electrons. The lowest BCUT2D eigenvalue weighted by atomic mass is 10.0. The van der Waals surface area contributed by atoms with Crippen molar-refractivity contribution in [3.8, 4) is 34.2 Å². The first-order chi connectivity index (χ1) is 12.2. The van der Waals surface area contributed by atoms with Gasteiger partial charge in [0.15, 0.2) is 0 Å². The van der Waals surface area contributed by atoms with E-state index in [4.69, 9.17) is 13.9 Å². The Morgan fingerprint density at radius 1 is 1.04 bits per heavy atom. The van der Waals surface area contributed by atoms with E-state index in [0.29, 0.717) is 5.89 Å². The average molecular weight is 335 g/mol. The predicted octanol–water partition coefficient (Wildman–Crippen LogP) is 4.21. The molecule has 2 heterocycles. The zero-order chi connectivity index (χ0) is 17.4. The summed E-state index contributed by atoms with van der Waals surface area (Å²) in [6, 6.07) is 12.0. The topological polar surface area (TPSA) is 73.2 Å². The number of ether oxygens (including phenoxy) is 2. The highest BCUT2D eigenvalue weighted by Gasteiger charge is 2.19. The first-order valence-electron chi connectivity index (χ1n) is 7.82. The fraction of sp³-hybridized carbons (Fsp3) is 0.158. The Labute approximate surface area is 144 Å². The summed E-state index contributed by atoms with van der Waals surface area (Å²) in [7, 11) is 3.32. The summed E-state index contributed by atoms with van der Waals surface area (Å²) < 4.78 is 16.2. The Morgan fingerprint density at radius 2 is 1.84 bits per heavy atom. The molecule has 25 heavy (non-hydrogen) atoms. The minimum atomic E-state index is 0.443. The molecule has 0 aliphatic heterocycles. The number of nitrogens with zero attached hydrogens (tertiary/aromatic N) is 2. The third-order valence-corrected chi connectivity index (χ3v) is 4.27. The van der Waals surface area contributed by atoms with Crippen LogP contribution in [-0.2, 0) is 0 Å². The van der Waals surface area contributed by atoms with Crippen molar-refractivity contribution in [2.45, 2.75) is 6.92 Å². The van der Waals surface area contributed by atoms with Gasteiger partial charge in [0.25, 0.3) is 5.89 Å². The van der Waals surface area contributed by atoms with E-state index in [2.05, 4.69) is 21.2 Å². The molecule has 2 aromatic heterocycles. The predicted molar refractivity (Wildman–Crippen MR) is 94.9 cm³/mol. The van der Waals surface area contributed by atoms with Gasteiger partial charge in [0.2, 0.25) is 6.39 Å². The molecule has 0 unspecified atom stereocenters. The largest absolute Gasteiger partial charge is 0.497 e. The maximum Gasteiger partial charge on any atom is 0.264 e. The second-order valence-corrected chi connectivity index (χ2v) is 5.71.